The third-order valence-corrected chi connectivity index (χ3v) is 4.53. The van der Waals surface area contributed by atoms with Crippen LogP contribution in [0.5, 0.6) is 0 Å². The van der Waals surface area contributed by atoms with Crippen LogP contribution in [0.2, 0.25) is 0 Å². The van der Waals surface area contributed by atoms with Crippen LogP contribution >= 0.6 is 0 Å². The zero-order chi connectivity index (χ0) is 13.1. The first-order chi connectivity index (χ1) is 8.41. The number of hydrogen-bond donors (Lipinski definition) is 0. The van der Waals surface area contributed by atoms with Crippen molar-refractivity contribution >= 4 is 17.9 Å². The van der Waals surface area contributed by atoms with Gasteiger partial charge in [-0.3, -0.25) is 14.4 Å². The molecule has 2 bridgehead atoms. The Balaban J connectivity index is 1.98. The number of cyclic esters (lactones) is 2. The average Bonchev–Trinajstić information content (AvgIpc) is 2.87. The molecule has 0 radical (unpaired) electrons. The van der Waals surface area contributed by atoms with Gasteiger partial charge in [-0.2, -0.15) is 0 Å². The molecule has 3 fully saturated rings. The van der Waals surface area contributed by atoms with E-state index in [1.807, 2.05) is 0 Å². The Morgan fingerprint density at radius 1 is 1.50 bits per heavy atom. The van der Waals surface area contributed by atoms with E-state index in [4.69, 9.17) is 14.2 Å². The van der Waals surface area contributed by atoms with E-state index in [1.165, 1.54) is 6.92 Å². The lowest BCUT2D eigenvalue weighted by molar-refractivity contribution is -0.171. The summed E-state index contributed by atoms with van der Waals surface area (Å²) in [5, 5.41) is 0. The minimum Gasteiger partial charge on any atom is -0.463 e. The third-order valence-electron chi connectivity index (χ3n) is 4.53. The molecule has 6 nitrogen and oxygen atoms in total. The number of fused-ring (bicyclic) bond motifs is 5. The molecule has 4 atom stereocenters. The number of hydrogen-bond acceptors (Lipinski definition) is 6. The summed E-state index contributed by atoms with van der Waals surface area (Å²) in [7, 11) is 0. The van der Waals surface area contributed by atoms with E-state index in [9.17, 15) is 14.4 Å². The molecule has 0 aromatic carbocycles. The first kappa shape index (κ1) is 11.6. The first-order valence-corrected chi connectivity index (χ1v) is 5.98. The zero-order valence-electron chi connectivity index (χ0n) is 10.2. The monoisotopic (exact) mass is 254 g/mol. The second-order valence-electron chi connectivity index (χ2n) is 5.36. The molecule has 0 aromatic heterocycles. The Bertz CT molecular complexity index is 457. The fraction of sp³-hybridized carbons (Fsp3) is 0.750. The number of carbonyl (C=O) groups is 3. The Labute approximate surface area is 104 Å². The lowest BCUT2D eigenvalue weighted by Crippen LogP contribution is -2.53. The van der Waals surface area contributed by atoms with Crippen LogP contribution in [-0.4, -0.2) is 36.2 Å². The molecule has 3 aliphatic heterocycles. The minimum atomic E-state index is -1.03. The van der Waals surface area contributed by atoms with Gasteiger partial charge in [-0.15, -0.1) is 0 Å². The quantitative estimate of drug-likeness (QED) is 0.517. The molecule has 3 saturated heterocycles. The van der Waals surface area contributed by atoms with Gasteiger partial charge in [-0.1, -0.05) is 0 Å². The van der Waals surface area contributed by atoms with Gasteiger partial charge < -0.3 is 14.2 Å². The standard InChI is InChI=1S/C12H14O6/c1-6(13)16-5-12-4-3-7(18-12)8-9(14)17-10(15)11(8,12)2/h7-8H,3-5H2,1-2H3/t7-,8-,11+,12-/m0/s1. The van der Waals surface area contributed by atoms with Gasteiger partial charge in [0.2, 0.25) is 0 Å². The van der Waals surface area contributed by atoms with Crippen molar-refractivity contribution in [3.63, 3.8) is 0 Å². The van der Waals surface area contributed by atoms with Gasteiger partial charge in [-0.05, 0) is 19.8 Å². The summed E-state index contributed by atoms with van der Waals surface area (Å²) >= 11 is 0. The van der Waals surface area contributed by atoms with Gasteiger partial charge in [0.15, 0.2) is 0 Å². The van der Waals surface area contributed by atoms with E-state index >= 15 is 0 Å². The molecule has 0 N–H and O–H groups in total. The second kappa shape index (κ2) is 3.32. The Morgan fingerprint density at radius 3 is 2.89 bits per heavy atom. The zero-order valence-corrected chi connectivity index (χ0v) is 10.2. The third kappa shape index (κ3) is 1.14. The lowest BCUT2D eigenvalue weighted by atomic mass is 9.62. The van der Waals surface area contributed by atoms with E-state index in [0.29, 0.717) is 12.8 Å². The van der Waals surface area contributed by atoms with Gasteiger partial charge in [0, 0.05) is 6.92 Å². The highest BCUT2D eigenvalue weighted by atomic mass is 16.6. The molecule has 0 unspecified atom stereocenters. The smallest absolute Gasteiger partial charge is 0.323 e. The summed E-state index contributed by atoms with van der Waals surface area (Å²) in [5.74, 6) is -2.07. The van der Waals surface area contributed by atoms with Crippen molar-refractivity contribution < 1.29 is 28.6 Å². The summed E-state index contributed by atoms with van der Waals surface area (Å²) in [6.45, 7) is 2.97. The lowest BCUT2D eigenvalue weighted by Gasteiger charge is -2.37. The highest BCUT2D eigenvalue weighted by Gasteiger charge is 2.76. The first-order valence-electron chi connectivity index (χ1n) is 5.98. The molecule has 98 valence electrons. The summed E-state index contributed by atoms with van der Waals surface area (Å²) in [6, 6.07) is 0. The molecule has 0 spiro atoms. The van der Waals surface area contributed by atoms with Crippen molar-refractivity contribution in [2.45, 2.75) is 38.4 Å². The van der Waals surface area contributed by atoms with Crippen molar-refractivity contribution in [1.29, 1.82) is 0 Å². The Morgan fingerprint density at radius 2 is 2.22 bits per heavy atom. The SMILES string of the molecule is CC(=O)OC[C@]12CC[C@H](O1)[C@H]1C(=O)OC(=O)[C@@]12C. The normalized spacial score (nSPS) is 45.0. The predicted octanol–water partition coefficient (Wildman–Crippen LogP) is 0.187. The van der Waals surface area contributed by atoms with Gasteiger partial charge in [0.05, 0.1) is 6.10 Å². The van der Waals surface area contributed by atoms with Crippen LogP contribution in [0.3, 0.4) is 0 Å². The van der Waals surface area contributed by atoms with Gasteiger partial charge in [0.25, 0.3) is 0 Å². The maximum Gasteiger partial charge on any atom is 0.323 e. The van der Waals surface area contributed by atoms with Crippen LogP contribution in [0.15, 0.2) is 0 Å². The summed E-state index contributed by atoms with van der Waals surface area (Å²) in [6.07, 6.45) is 0.981. The van der Waals surface area contributed by atoms with Crippen molar-refractivity contribution in [3.05, 3.63) is 0 Å². The molecule has 0 aliphatic carbocycles. The summed E-state index contributed by atoms with van der Waals surface area (Å²) in [5.41, 5.74) is -1.93. The molecule has 0 aromatic rings. The largest absolute Gasteiger partial charge is 0.463 e. The highest BCUT2D eigenvalue weighted by Crippen LogP contribution is 2.62. The van der Waals surface area contributed by atoms with Crippen molar-refractivity contribution in [1.82, 2.24) is 0 Å². The maximum atomic E-state index is 12.0. The average molecular weight is 254 g/mol. The molecule has 3 aliphatic rings. The van der Waals surface area contributed by atoms with Crippen molar-refractivity contribution in [3.8, 4) is 0 Å². The Kier molecular flexibility index (Phi) is 2.15. The molecule has 3 rings (SSSR count). The maximum absolute atomic E-state index is 12.0. The van der Waals surface area contributed by atoms with E-state index in [0.717, 1.165) is 0 Å². The van der Waals surface area contributed by atoms with Gasteiger partial charge in [0.1, 0.15) is 23.5 Å². The number of carbonyl (C=O) groups excluding carboxylic acids is 3. The molecule has 0 saturated carbocycles. The topological polar surface area (TPSA) is 78.9 Å². The fourth-order valence-electron chi connectivity index (χ4n) is 3.49. The van der Waals surface area contributed by atoms with Crippen LogP contribution in [0.4, 0.5) is 0 Å². The molecule has 3 heterocycles. The number of rotatable bonds is 2. The molecular formula is C12H14O6. The van der Waals surface area contributed by atoms with Gasteiger partial charge >= 0.3 is 17.9 Å². The van der Waals surface area contributed by atoms with Crippen LogP contribution in [-0.2, 0) is 28.6 Å². The molecule has 6 heteroatoms. The van der Waals surface area contributed by atoms with E-state index in [1.54, 1.807) is 6.92 Å². The van der Waals surface area contributed by atoms with Gasteiger partial charge in [-0.25, -0.2) is 0 Å². The number of ether oxygens (including phenoxy) is 3. The number of esters is 3. The highest BCUT2D eigenvalue weighted by molar-refractivity contribution is 6.01. The predicted molar refractivity (Wildman–Crippen MR) is 56.2 cm³/mol. The molecular weight excluding hydrogens is 240 g/mol. The fourth-order valence-corrected chi connectivity index (χ4v) is 3.49. The second-order valence-corrected chi connectivity index (χ2v) is 5.36. The van der Waals surface area contributed by atoms with Crippen LogP contribution in [0, 0.1) is 11.3 Å². The summed E-state index contributed by atoms with van der Waals surface area (Å²) < 4.78 is 15.6. The van der Waals surface area contributed by atoms with E-state index in [2.05, 4.69) is 0 Å². The van der Waals surface area contributed by atoms with Crippen LogP contribution in [0.1, 0.15) is 26.7 Å². The van der Waals surface area contributed by atoms with Crippen LogP contribution < -0.4 is 0 Å². The molecule has 0 amide bonds. The van der Waals surface area contributed by atoms with Crippen molar-refractivity contribution in [2.75, 3.05) is 6.61 Å². The molecule has 18 heavy (non-hydrogen) atoms. The van der Waals surface area contributed by atoms with E-state index in [-0.39, 0.29) is 12.7 Å². The summed E-state index contributed by atoms with van der Waals surface area (Å²) in [4.78, 5) is 34.6. The van der Waals surface area contributed by atoms with E-state index < -0.39 is 34.8 Å². The van der Waals surface area contributed by atoms with Crippen LogP contribution in [0.25, 0.3) is 0 Å². The van der Waals surface area contributed by atoms with Crippen molar-refractivity contribution in [2.24, 2.45) is 11.3 Å². The minimum absolute atomic E-state index is 0.00574. The Hall–Kier alpha value is -1.43.